The summed E-state index contributed by atoms with van der Waals surface area (Å²) in [6.07, 6.45) is 1.87. The Morgan fingerprint density at radius 1 is 1.19 bits per heavy atom. The highest BCUT2D eigenvalue weighted by molar-refractivity contribution is 9.10. The molecule has 0 aliphatic carbocycles. The molecule has 0 bridgehead atoms. The third-order valence-electron chi connectivity index (χ3n) is 3.08. The number of hydrogen-bond donors (Lipinski definition) is 0. The molecule has 0 amide bonds. The molecule has 4 heteroatoms. The van der Waals surface area contributed by atoms with Crippen LogP contribution in [0.4, 0.5) is 5.82 Å². The Hall–Kier alpha value is -0.610. The van der Waals surface area contributed by atoms with E-state index in [1.54, 1.807) is 0 Å². The van der Waals surface area contributed by atoms with Gasteiger partial charge in [0.05, 0.1) is 0 Å². The second-order valence-electron chi connectivity index (χ2n) is 4.45. The van der Waals surface area contributed by atoms with Crippen LogP contribution in [0.3, 0.4) is 0 Å². The molecule has 0 saturated carbocycles. The maximum absolute atomic E-state index is 4.43. The maximum atomic E-state index is 4.43. The molecule has 1 aliphatic rings. The molecule has 1 saturated heterocycles. The average Bonchev–Trinajstić information content (AvgIpc) is 2.30. The van der Waals surface area contributed by atoms with Crippen molar-refractivity contribution in [2.45, 2.75) is 19.9 Å². The van der Waals surface area contributed by atoms with Gasteiger partial charge in [0.15, 0.2) is 0 Å². The highest BCUT2D eigenvalue weighted by atomic mass is 79.9. The van der Waals surface area contributed by atoms with Gasteiger partial charge in [0.1, 0.15) is 5.82 Å². The summed E-state index contributed by atoms with van der Waals surface area (Å²) in [5.41, 5.74) is 0. The Morgan fingerprint density at radius 3 is 2.38 bits per heavy atom. The molecule has 3 nitrogen and oxygen atoms in total. The van der Waals surface area contributed by atoms with E-state index in [0.29, 0.717) is 6.04 Å². The highest BCUT2D eigenvalue weighted by Gasteiger charge is 2.19. The monoisotopic (exact) mass is 283 g/mol. The first-order valence-electron chi connectivity index (χ1n) is 5.77. The van der Waals surface area contributed by atoms with E-state index in [4.69, 9.17) is 0 Å². The Labute approximate surface area is 106 Å². The number of pyridine rings is 1. The lowest BCUT2D eigenvalue weighted by Crippen LogP contribution is -2.49. The highest BCUT2D eigenvalue weighted by Crippen LogP contribution is 2.17. The molecule has 2 heterocycles. The van der Waals surface area contributed by atoms with Gasteiger partial charge >= 0.3 is 0 Å². The topological polar surface area (TPSA) is 19.4 Å². The molecule has 0 spiro atoms. The van der Waals surface area contributed by atoms with Crippen LogP contribution in [-0.4, -0.2) is 42.1 Å². The molecule has 0 radical (unpaired) electrons. The SMILES string of the molecule is CC(C)N1CCN(c2ccc(Br)cn2)CC1. The van der Waals surface area contributed by atoms with Gasteiger partial charge < -0.3 is 4.90 Å². The predicted octanol–water partition coefficient (Wildman–Crippen LogP) is 2.37. The van der Waals surface area contributed by atoms with Crippen LogP contribution >= 0.6 is 15.9 Å². The second kappa shape index (κ2) is 5.15. The molecule has 0 atom stereocenters. The Balaban J connectivity index is 1.96. The van der Waals surface area contributed by atoms with E-state index in [-0.39, 0.29) is 0 Å². The lowest BCUT2D eigenvalue weighted by Gasteiger charge is -2.37. The molecule has 0 unspecified atom stereocenters. The summed E-state index contributed by atoms with van der Waals surface area (Å²) < 4.78 is 1.04. The fourth-order valence-corrected chi connectivity index (χ4v) is 2.26. The van der Waals surface area contributed by atoms with Crippen LogP contribution < -0.4 is 4.90 Å². The third kappa shape index (κ3) is 2.74. The van der Waals surface area contributed by atoms with Crippen LogP contribution in [0, 0.1) is 0 Å². The first kappa shape index (κ1) is 11.9. The quantitative estimate of drug-likeness (QED) is 0.831. The van der Waals surface area contributed by atoms with Crippen molar-refractivity contribution in [1.29, 1.82) is 0 Å². The molecule has 1 aliphatic heterocycles. The smallest absolute Gasteiger partial charge is 0.128 e. The molecule has 0 aromatic carbocycles. The molecule has 1 aromatic heterocycles. The van der Waals surface area contributed by atoms with Crippen molar-refractivity contribution in [3.63, 3.8) is 0 Å². The van der Waals surface area contributed by atoms with Crippen molar-refractivity contribution in [1.82, 2.24) is 9.88 Å². The molecular formula is C12H18BrN3. The number of hydrogen-bond acceptors (Lipinski definition) is 3. The largest absolute Gasteiger partial charge is 0.354 e. The number of aromatic nitrogens is 1. The molecule has 1 fully saturated rings. The molecule has 0 N–H and O–H groups in total. The fraction of sp³-hybridized carbons (Fsp3) is 0.583. The van der Waals surface area contributed by atoms with Crippen molar-refractivity contribution in [3.8, 4) is 0 Å². The number of piperazine rings is 1. The summed E-state index contributed by atoms with van der Waals surface area (Å²) in [6, 6.07) is 4.78. The zero-order valence-corrected chi connectivity index (χ0v) is 11.4. The maximum Gasteiger partial charge on any atom is 0.128 e. The summed E-state index contributed by atoms with van der Waals surface area (Å²) in [7, 11) is 0. The number of anilines is 1. The van der Waals surface area contributed by atoms with Gasteiger partial charge in [-0.1, -0.05) is 0 Å². The van der Waals surface area contributed by atoms with Crippen molar-refractivity contribution < 1.29 is 0 Å². The minimum absolute atomic E-state index is 0.653. The molecule has 2 rings (SSSR count). The van der Waals surface area contributed by atoms with Gasteiger partial charge in [-0.15, -0.1) is 0 Å². The molecule has 16 heavy (non-hydrogen) atoms. The van der Waals surface area contributed by atoms with Gasteiger partial charge in [0, 0.05) is 42.9 Å². The van der Waals surface area contributed by atoms with Crippen LogP contribution in [0.1, 0.15) is 13.8 Å². The average molecular weight is 284 g/mol. The minimum Gasteiger partial charge on any atom is -0.354 e. The standard InChI is InChI=1S/C12H18BrN3/c1-10(2)15-5-7-16(8-6-15)12-4-3-11(13)9-14-12/h3-4,9-10H,5-8H2,1-2H3. The number of rotatable bonds is 2. The van der Waals surface area contributed by atoms with Gasteiger partial charge in [0.25, 0.3) is 0 Å². The predicted molar refractivity (Wildman–Crippen MR) is 70.9 cm³/mol. The van der Waals surface area contributed by atoms with E-state index in [1.807, 2.05) is 6.20 Å². The lowest BCUT2D eigenvalue weighted by molar-refractivity contribution is 0.209. The first-order valence-corrected chi connectivity index (χ1v) is 6.56. The Morgan fingerprint density at radius 2 is 1.88 bits per heavy atom. The minimum atomic E-state index is 0.653. The van der Waals surface area contributed by atoms with Crippen molar-refractivity contribution in [3.05, 3.63) is 22.8 Å². The van der Waals surface area contributed by atoms with E-state index in [1.165, 1.54) is 0 Å². The van der Waals surface area contributed by atoms with Crippen LogP contribution in [0.15, 0.2) is 22.8 Å². The van der Waals surface area contributed by atoms with Gasteiger partial charge in [-0.3, -0.25) is 4.90 Å². The van der Waals surface area contributed by atoms with Crippen LogP contribution in [-0.2, 0) is 0 Å². The summed E-state index contributed by atoms with van der Waals surface area (Å²) in [6.45, 7) is 8.94. The second-order valence-corrected chi connectivity index (χ2v) is 5.37. The zero-order valence-electron chi connectivity index (χ0n) is 9.86. The van der Waals surface area contributed by atoms with Gasteiger partial charge in [-0.25, -0.2) is 4.98 Å². The van der Waals surface area contributed by atoms with Crippen molar-refractivity contribution in [2.24, 2.45) is 0 Å². The van der Waals surface area contributed by atoms with Crippen molar-refractivity contribution in [2.75, 3.05) is 31.1 Å². The van der Waals surface area contributed by atoms with Gasteiger partial charge in [-0.05, 0) is 41.9 Å². The van der Waals surface area contributed by atoms with Crippen LogP contribution in [0.5, 0.6) is 0 Å². The zero-order chi connectivity index (χ0) is 11.5. The van der Waals surface area contributed by atoms with E-state index >= 15 is 0 Å². The van der Waals surface area contributed by atoms with Gasteiger partial charge in [-0.2, -0.15) is 0 Å². The van der Waals surface area contributed by atoms with Crippen LogP contribution in [0.25, 0.3) is 0 Å². The molecule has 1 aromatic rings. The van der Waals surface area contributed by atoms with E-state index < -0.39 is 0 Å². The summed E-state index contributed by atoms with van der Waals surface area (Å²) in [5.74, 6) is 1.09. The Kier molecular flexibility index (Phi) is 3.82. The van der Waals surface area contributed by atoms with Crippen LogP contribution in [0.2, 0.25) is 0 Å². The normalized spacial score (nSPS) is 18.1. The molecular weight excluding hydrogens is 266 g/mol. The summed E-state index contributed by atoms with van der Waals surface area (Å²) in [5, 5.41) is 0. The number of nitrogens with zero attached hydrogens (tertiary/aromatic N) is 3. The molecule has 88 valence electrons. The first-order chi connectivity index (χ1) is 7.66. The Bertz CT molecular complexity index is 329. The van der Waals surface area contributed by atoms with E-state index in [9.17, 15) is 0 Å². The lowest BCUT2D eigenvalue weighted by atomic mass is 10.2. The van der Waals surface area contributed by atoms with E-state index in [2.05, 4.69) is 56.7 Å². The van der Waals surface area contributed by atoms with E-state index in [0.717, 1.165) is 36.5 Å². The van der Waals surface area contributed by atoms with Gasteiger partial charge in [0.2, 0.25) is 0 Å². The van der Waals surface area contributed by atoms with Crippen molar-refractivity contribution >= 4 is 21.7 Å². The summed E-state index contributed by atoms with van der Waals surface area (Å²) in [4.78, 5) is 9.29. The summed E-state index contributed by atoms with van der Waals surface area (Å²) >= 11 is 3.41. The number of halogens is 1. The third-order valence-corrected chi connectivity index (χ3v) is 3.55. The fourth-order valence-electron chi connectivity index (χ4n) is 2.02.